The molecule has 2 nitrogen and oxygen atoms in total. The maximum Gasteiger partial charge on any atom is 0.106 e. The topological polar surface area (TPSA) is 24.9 Å². The molecule has 78 valence electrons. The van der Waals surface area contributed by atoms with E-state index in [9.17, 15) is 0 Å². The fourth-order valence-corrected chi connectivity index (χ4v) is 3.53. The number of aromatic nitrogens is 1. The van der Waals surface area contributed by atoms with Gasteiger partial charge in [0, 0.05) is 29.4 Å². The van der Waals surface area contributed by atoms with Crippen molar-refractivity contribution in [3.63, 3.8) is 0 Å². The number of hydrogen-bond acceptors (Lipinski definition) is 4. The maximum absolute atomic E-state index is 4.28. The highest BCUT2D eigenvalue weighted by Gasteiger charge is 2.25. The van der Waals surface area contributed by atoms with Crippen LogP contribution in [-0.2, 0) is 6.54 Å². The highest BCUT2D eigenvalue weighted by molar-refractivity contribution is 7.99. The summed E-state index contributed by atoms with van der Waals surface area (Å²) in [4.78, 5) is 4.28. The summed E-state index contributed by atoms with van der Waals surface area (Å²) in [7, 11) is 0. The molecule has 14 heavy (non-hydrogen) atoms. The second-order valence-corrected chi connectivity index (χ2v) is 5.67. The molecule has 0 aliphatic heterocycles. The van der Waals surface area contributed by atoms with Crippen LogP contribution in [0.15, 0.2) is 11.6 Å². The van der Waals surface area contributed by atoms with Gasteiger partial charge in [0.05, 0.1) is 0 Å². The third-order valence-electron chi connectivity index (χ3n) is 2.75. The maximum atomic E-state index is 4.28. The van der Waals surface area contributed by atoms with Gasteiger partial charge in [-0.2, -0.15) is 11.8 Å². The van der Waals surface area contributed by atoms with Crippen LogP contribution >= 0.6 is 23.1 Å². The Hall–Kier alpha value is -0.0600. The number of thioether (sulfide) groups is 1. The van der Waals surface area contributed by atoms with E-state index in [1.165, 1.54) is 24.3 Å². The zero-order valence-electron chi connectivity index (χ0n) is 8.40. The molecule has 0 saturated heterocycles. The van der Waals surface area contributed by atoms with Crippen molar-refractivity contribution in [3.05, 3.63) is 16.6 Å². The molecule has 1 N–H and O–H groups in total. The smallest absolute Gasteiger partial charge is 0.106 e. The molecule has 1 saturated carbocycles. The fourth-order valence-electron chi connectivity index (χ4n) is 2.00. The Labute approximate surface area is 93.5 Å². The Morgan fingerprint density at radius 3 is 3.29 bits per heavy atom. The first-order valence-electron chi connectivity index (χ1n) is 5.04. The molecule has 1 heterocycles. The summed E-state index contributed by atoms with van der Waals surface area (Å²) in [5, 5.41) is 7.67. The summed E-state index contributed by atoms with van der Waals surface area (Å²) in [5.41, 5.74) is 0. The molecule has 2 rings (SSSR count). The average Bonchev–Trinajstić information content (AvgIpc) is 2.85. The molecular weight excluding hydrogens is 212 g/mol. The molecule has 0 amide bonds. The van der Waals surface area contributed by atoms with Crippen molar-refractivity contribution in [2.75, 3.05) is 6.26 Å². The SMILES string of the molecule is CSC1CCCC1NCc1nccs1. The first kappa shape index (κ1) is 10.5. The Morgan fingerprint density at radius 1 is 1.64 bits per heavy atom. The normalized spacial score (nSPS) is 26.9. The van der Waals surface area contributed by atoms with Gasteiger partial charge in [0.15, 0.2) is 0 Å². The minimum atomic E-state index is 0.703. The van der Waals surface area contributed by atoms with Gasteiger partial charge in [-0.3, -0.25) is 0 Å². The summed E-state index contributed by atoms with van der Waals surface area (Å²) < 4.78 is 0. The summed E-state index contributed by atoms with van der Waals surface area (Å²) in [6.45, 7) is 0.944. The lowest BCUT2D eigenvalue weighted by Crippen LogP contribution is -2.33. The standard InChI is InChI=1S/C10H16N2S2/c1-13-9-4-2-3-8(9)12-7-10-11-5-6-14-10/h5-6,8-9,12H,2-4,7H2,1H3. The van der Waals surface area contributed by atoms with Crippen molar-refractivity contribution >= 4 is 23.1 Å². The Kier molecular flexibility index (Phi) is 3.84. The number of rotatable bonds is 4. The molecule has 0 radical (unpaired) electrons. The van der Waals surface area contributed by atoms with Crippen LogP contribution in [0.2, 0.25) is 0 Å². The molecule has 1 aliphatic carbocycles. The van der Waals surface area contributed by atoms with E-state index in [1.807, 2.05) is 23.3 Å². The highest BCUT2D eigenvalue weighted by Crippen LogP contribution is 2.28. The van der Waals surface area contributed by atoms with Crippen LogP contribution in [-0.4, -0.2) is 22.5 Å². The molecule has 0 aromatic carbocycles. The van der Waals surface area contributed by atoms with Gasteiger partial charge in [-0.05, 0) is 19.1 Å². The number of nitrogens with zero attached hydrogens (tertiary/aromatic N) is 1. The molecule has 4 heteroatoms. The van der Waals surface area contributed by atoms with Crippen LogP contribution in [0.3, 0.4) is 0 Å². The van der Waals surface area contributed by atoms with Gasteiger partial charge in [0.25, 0.3) is 0 Å². The van der Waals surface area contributed by atoms with Crippen molar-refractivity contribution in [1.82, 2.24) is 10.3 Å². The average molecular weight is 228 g/mol. The third kappa shape index (κ3) is 2.49. The minimum Gasteiger partial charge on any atom is -0.307 e. The van der Waals surface area contributed by atoms with Gasteiger partial charge in [-0.15, -0.1) is 11.3 Å². The quantitative estimate of drug-likeness (QED) is 0.857. The van der Waals surface area contributed by atoms with Crippen LogP contribution < -0.4 is 5.32 Å². The van der Waals surface area contributed by atoms with Crippen molar-refractivity contribution in [2.24, 2.45) is 0 Å². The molecule has 1 aromatic heterocycles. The van der Waals surface area contributed by atoms with Gasteiger partial charge in [-0.1, -0.05) is 6.42 Å². The molecule has 0 bridgehead atoms. The van der Waals surface area contributed by atoms with E-state index < -0.39 is 0 Å². The first-order valence-corrected chi connectivity index (χ1v) is 7.21. The lowest BCUT2D eigenvalue weighted by atomic mass is 10.2. The van der Waals surface area contributed by atoms with E-state index in [0.717, 1.165) is 11.8 Å². The van der Waals surface area contributed by atoms with Gasteiger partial charge in [-0.25, -0.2) is 4.98 Å². The fraction of sp³-hybridized carbons (Fsp3) is 0.700. The minimum absolute atomic E-state index is 0.703. The van der Waals surface area contributed by atoms with Crippen molar-refractivity contribution in [2.45, 2.75) is 37.1 Å². The molecule has 0 spiro atoms. The third-order valence-corrected chi connectivity index (χ3v) is 4.70. The van der Waals surface area contributed by atoms with E-state index in [-0.39, 0.29) is 0 Å². The molecular formula is C10H16N2S2. The van der Waals surface area contributed by atoms with E-state index in [1.54, 1.807) is 11.3 Å². The zero-order valence-corrected chi connectivity index (χ0v) is 10.0. The van der Waals surface area contributed by atoms with E-state index in [4.69, 9.17) is 0 Å². The zero-order chi connectivity index (χ0) is 9.80. The number of nitrogens with one attached hydrogen (secondary N) is 1. The van der Waals surface area contributed by atoms with Crippen molar-refractivity contribution < 1.29 is 0 Å². The number of hydrogen-bond donors (Lipinski definition) is 1. The predicted molar refractivity (Wildman–Crippen MR) is 63.9 cm³/mol. The highest BCUT2D eigenvalue weighted by atomic mass is 32.2. The largest absolute Gasteiger partial charge is 0.307 e. The summed E-state index contributed by atoms with van der Waals surface area (Å²) >= 11 is 3.73. The van der Waals surface area contributed by atoms with Crippen LogP contribution in [0.5, 0.6) is 0 Å². The summed E-state index contributed by atoms with van der Waals surface area (Å²) in [6.07, 6.45) is 8.17. The summed E-state index contributed by atoms with van der Waals surface area (Å²) in [6, 6.07) is 0.703. The Balaban J connectivity index is 1.80. The van der Waals surface area contributed by atoms with Crippen molar-refractivity contribution in [3.8, 4) is 0 Å². The second kappa shape index (κ2) is 5.14. The van der Waals surface area contributed by atoms with E-state index in [0.29, 0.717) is 6.04 Å². The number of thiazole rings is 1. The molecule has 1 aliphatic rings. The van der Waals surface area contributed by atoms with E-state index >= 15 is 0 Å². The van der Waals surface area contributed by atoms with Gasteiger partial charge < -0.3 is 5.32 Å². The van der Waals surface area contributed by atoms with Crippen LogP contribution in [0, 0.1) is 0 Å². The van der Waals surface area contributed by atoms with Gasteiger partial charge in [0.2, 0.25) is 0 Å². The van der Waals surface area contributed by atoms with Gasteiger partial charge in [0.1, 0.15) is 5.01 Å². The molecule has 1 fully saturated rings. The Morgan fingerprint density at radius 2 is 2.57 bits per heavy atom. The first-order chi connectivity index (χ1) is 6.90. The van der Waals surface area contributed by atoms with Crippen molar-refractivity contribution in [1.29, 1.82) is 0 Å². The lowest BCUT2D eigenvalue weighted by Gasteiger charge is -2.18. The second-order valence-electron chi connectivity index (χ2n) is 3.62. The molecule has 2 unspecified atom stereocenters. The predicted octanol–water partition coefficient (Wildman–Crippen LogP) is 2.52. The molecule has 1 aromatic rings. The Bertz CT molecular complexity index is 261. The molecule has 2 atom stereocenters. The van der Waals surface area contributed by atoms with Crippen LogP contribution in [0.25, 0.3) is 0 Å². The van der Waals surface area contributed by atoms with Crippen LogP contribution in [0.1, 0.15) is 24.3 Å². The van der Waals surface area contributed by atoms with Gasteiger partial charge >= 0.3 is 0 Å². The lowest BCUT2D eigenvalue weighted by molar-refractivity contribution is 0.531. The summed E-state index contributed by atoms with van der Waals surface area (Å²) in [5.74, 6) is 0. The van der Waals surface area contributed by atoms with E-state index in [2.05, 4.69) is 16.6 Å². The van der Waals surface area contributed by atoms with Crippen LogP contribution in [0.4, 0.5) is 0 Å². The monoisotopic (exact) mass is 228 g/mol.